The van der Waals surface area contributed by atoms with Gasteiger partial charge in [-0.1, -0.05) is 115 Å². The molecular weight excluding hydrogens is 476 g/mol. The molecule has 8 rings (SSSR count). The Morgan fingerprint density at radius 3 is 1.97 bits per heavy atom. The van der Waals surface area contributed by atoms with Crippen LogP contribution in [0.3, 0.4) is 0 Å². The second-order valence-electron chi connectivity index (χ2n) is 10.3. The summed E-state index contributed by atoms with van der Waals surface area (Å²) in [6.45, 7) is 0. The number of hydrogen-bond donors (Lipinski definition) is 0. The first-order valence-electron chi connectivity index (χ1n) is 13.3. The van der Waals surface area contributed by atoms with Crippen molar-refractivity contribution in [3.63, 3.8) is 0 Å². The highest BCUT2D eigenvalue weighted by Gasteiger charge is 2.34. The minimum Gasteiger partial charge on any atom is -0.283 e. The van der Waals surface area contributed by atoms with Crippen LogP contribution in [0.25, 0.3) is 49.4 Å². The van der Waals surface area contributed by atoms with Crippen molar-refractivity contribution in [1.29, 1.82) is 0 Å². The maximum atomic E-state index is 14.4. The van der Waals surface area contributed by atoms with Crippen LogP contribution < -0.4 is 11.0 Å². The summed E-state index contributed by atoms with van der Waals surface area (Å²) in [5.74, 6) is 0. The molecule has 6 aromatic rings. The monoisotopic (exact) mass is 500 g/mol. The summed E-state index contributed by atoms with van der Waals surface area (Å²) in [6.07, 6.45) is 6.32. The fraction of sp³-hybridized carbons (Fsp3) is 0.0556. The second-order valence-corrected chi connectivity index (χ2v) is 10.3. The van der Waals surface area contributed by atoms with E-state index in [0.29, 0.717) is 0 Å². The van der Waals surface area contributed by atoms with Crippen molar-refractivity contribution in [2.24, 2.45) is 4.99 Å². The van der Waals surface area contributed by atoms with Gasteiger partial charge >= 0.3 is 0 Å². The predicted molar refractivity (Wildman–Crippen MR) is 160 cm³/mol. The van der Waals surface area contributed by atoms with Crippen LogP contribution in [0.1, 0.15) is 11.6 Å². The van der Waals surface area contributed by atoms with Gasteiger partial charge in [0.15, 0.2) is 0 Å². The van der Waals surface area contributed by atoms with Crippen LogP contribution in [-0.4, -0.2) is 10.6 Å². The Bertz CT molecular complexity index is 2070. The number of hydrogen-bond acceptors (Lipinski definition) is 2. The van der Waals surface area contributed by atoms with Gasteiger partial charge in [0.25, 0.3) is 5.56 Å². The first kappa shape index (κ1) is 22.0. The molecule has 0 bridgehead atoms. The Morgan fingerprint density at radius 2 is 1.26 bits per heavy atom. The van der Waals surface area contributed by atoms with E-state index in [0.717, 1.165) is 60.4 Å². The molecule has 5 aromatic carbocycles. The molecule has 184 valence electrons. The molecule has 1 aliphatic heterocycles. The Kier molecular flexibility index (Phi) is 4.80. The van der Waals surface area contributed by atoms with Gasteiger partial charge in [-0.2, -0.15) is 0 Å². The number of pyridine rings is 1. The van der Waals surface area contributed by atoms with Gasteiger partial charge in [-0.3, -0.25) is 14.4 Å². The molecule has 1 aliphatic carbocycles. The standard InChI is InChI=1S/C36H24N2O/c39-36-31-22-26(23-11-4-1-5-12-23)21-30-27(24-13-6-2-7-14-24)19-20-29(33(30)31)35-37-34-28(25-15-8-3-9-16-25)17-10-18-32(34)38(35)36/h1-22,32,34H. The molecule has 0 fully saturated rings. The predicted octanol–water partition coefficient (Wildman–Crippen LogP) is 7.40. The fourth-order valence-corrected chi connectivity index (χ4v) is 6.33. The molecule has 3 nitrogen and oxygen atoms in total. The fourth-order valence-electron chi connectivity index (χ4n) is 6.33. The van der Waals surface area contributed by atoms with E-state index in [9.17, 15) is 4.79 Å². The Hall–Kier alpha value is -5.02. The number of aromatic nitrogens is 1. The van der Waals surface area contributed by atoms with Gasteiger partial charge in [-0.15, -0.1) is 0 Å². The SMILES string of the molecule is O=c1c2cc(-c3ccccc3)cc3c(-c4ccccc4)ccc(c4n1C1C=CC=C(c5ccccc5)C1N=4)c32. The zero-order valence-electron chi connectivity index (χ0n) is 21.2. The smallest absolute Gasteiger partial charge is 0.260 e. The minimum absolute atomic E-state index is 0.0145. The van der Waals surface area contributed by atoms with Crippen LogP contribution in [0.2, 0.25) is 0 Å². The number of benzene rings is 5. The number of allylic oxidation sites excluding steroid dienone is 2. The van der Waals surface area contributed by atoms with E-state index in [-0.39, 0.29) is 17.6 Å². The Morgan fingerprint density at radius 1 is 0.615 bits per heavy atom. The third-order valence-corrected chi connectivity index (χ3v) is 8.12. The lowest BCUT2D eigenvalue weighted by molar-refractivity contribution is 0.586. The maximum absolute atomic E-state index is 14.4. The van der Waals surface area contributed by atoms with Gasteiger partial charge in [0.1, 0.15) is 11.5 Å². The maximum Gasteiger partial charge on any atom is 0.260 e. The van der Waals surface area contributed by atoms with Crippen molar-refractivity contribution < 1.29 is 0 Å². The Labute approximate surface area is 225 Å². The lowest BCUT2D eigenvalue weighted by atomic mass is 9.89. The van der Waals surface area contributed by atoms with Crippen molar-refractivity contribution in [2.45, 2.75) is 12.1 Å². The minimum atomic E-state index is -0.148. The molecular formula is C36H24N2O. The summed E-state index contributed by atoms with van der Waals surface area (Å²) in [5, 5.41) is 3.83. The zero-order chi connectivity index (χ0) is 25.9. The normalized spacial score (nSPS) is 17.6. The van der Waals surface area contributed by atoms with Crippen LogP contribution in [0.15, 0.2) is 143 Å². The number of nitrogens with zero attached hydrogens (tertiary/aromatic N) is 2. The van der Waals surface area contributed by atoms with Crippen LogP contribution in [0.4, 0.5) is 0 Å². The molecule has 0 radical (unpaired) electrons. The summed E-state index contributed by atoms with van der Waals surface area (Å²) in [5.41, 5.74) is 7.46. The molecule has 0 N–H and O–H groups in total. The Balaban J connectivity index is 1.46. The summed E-state index contributed by atoms with van der Waals surface area (Å²) < 4.78 is 1.92. The van der Waals surface area contributed by atoms with Gasteiger partial charge in [-0.25, -0.2) is 0 Å². The number of fused-ring (bicyclic) bond motifs is 4. The molecule has 2 heterocycles. The molecule has 0 spiro atoms. The van der Waals surface area contributed by atoms with Crippen molar-refractivity contribution in [3.05, 3.63) is 155 Å². The highest BCUT2D eigenvalue weighted by Crippen LogP contribution is 2.39. The van der Waals surface area contributed by atoms with Crippen LogP contribution in [-0.2, 0) is 0 Å². The van der Waals surface area contributed by atoms with E-state index in [2.05, 4.69) is 103 Å². The van der Waals surface area contributed by atoms with Gasteiger partial charge < -0.3 is 0 Å². The summed E-state index contributed by atoms with van der Waals surface area (Å²) in [7, 11) is 0. The van der Waals surface area contributed by atoms with Crippen LogP contribution in [0.5, 0.6) is 0 Å². The lowest BCUT2D eigenvalue weighted by Crippen LogP contribution is -2.34. The topological polar surface area (TPSA) is 34.4 Å². The highest BCUT2D eigenvalue weighted by atomic mass is 16.1. The molecule has 2 unspecified atom stereocenters. The molecule has 0 amide bonds. The molecule has 2 atom stereocenters. The zero-order valence-corrected chi connectivity index (χ0v) is 21.2. The van der Waals surface area contributed by atoms with Crippen molar-refractivity contribution in [3.8, 4) is 22.3 Å². The summed E-state index contributed by atoms with van der Waals surface area (Å²) in [6, 6.07) is 39.5. The van der Waals surface area contributed by atoms with Crippen molar-refractivity contribution in [2.75, 3.05) is 0 Å². The molecule has 0 saturated carbocycles. The molecule has 1 aromatic heterocycles. The van der Waals surface area contributed by atoms with E-state index in [1.807, 2.05) is 34.9 Å². The van der Waals surface area contributed by atoms with Crippen LogP contribution >= 0.6 is 0 Å². The largest absolute Gasteiger partial charge is 0.283 e. The highest BCUT2D eigenvalue weighted by molar-refractivity contribution is 6.16. The second kappa shape index (κ2) is 8.50. The molecule has 39 heavy (non-hydrogen) atoms. The lowest BCUT2D eigenvalue weighted by Gasteiger charge is -2.23. The first-order chi connectivity index (χ1) is 19.3. The van der Waals surface area contributed by atoms with E-state index in [1.54, 1.807) is 0 Å². The van der Waals surface area contributed by atoms with Crippen LogP contribution in [0, 0.1) is 0 Å². The quantitative estimate of drug-likeness (QED) is 0.249. The van der Waals surface area contributed by atoms with E-state index < -0.39 is 0 Å². The molecule has 0 saturated heterocycles. The molecule has 3 heteroatoms. The van der Waals surface area contributed by atoms with Crippen molar-refractivity contribution in [1.82, 2.24) is 4.57 Å². The van der Waals surface area contributed by atoms with Gasteiger partial charge in [0.05, 0.1) is 6.04 Å². The summed E-state index contributed by atoms with van der Waals surface area (Å²) >= 11 is 0. The van der Waals surface area contributed by atoms with Gasteiger partial charge in [0, 0.05) is 16.2 Å². The van der Waals surface area contributed by atoms with Gasteiger partial charge in [0.2, 0.25) is 0 Å². The third-order valence-electron chi connectivity index (χ3n) is 8.12. The van der Waals surface area contributed by atoms with E-state index in [1.165, 1.54) is 0 Å². The van der Waals surface area contributed by atoms with Crippen molar-refractivity contribution >= 4 is 27.1 Å². The summed E-state index contributed by atoms with van der Waals surface area (Å²) in [4.78, 5) is 19.7. The van der Waals surface area contributed by atoms with E-state index >= 15 is 0 Å². The molecule has 2 aliphatic rings. The van der Waals surface area contributed by atoms with Gasteiger partial charge in [-0.05, 0) is 57.0 Å². The first-order valence-corrected chi connectivity index (χ1v) is 13.3. The van der Waals surface area contributed by atoms with E-state index in [4.69, 9.17) is 4.99 Å². The number of rotatable bonds is 3. The average molecular weight is 501 g/mol. The average Bonchev–Trinajstić information content (AvgIpc) is 3.41. The third kappa shape index (κ3) is 3.30.